The molecule has 1 fully saturated rings. The van der Waals surface area contributed by atoms with E-state index in [1.165, 1.54) is 0 Å². The van der Waals surface area contributed by atoms with E-state index < -0.39 is 0 Å². The number of halogens is 2. The fraction of sp³-hybridized carbons (Fsp3) is 0.286. The Morgan fingerprint density at radius 2 is 1.59 bits per heavy atom. The first-order chi connectivity index (χ1) is 16.4. The summed E-state index contributed by atoms with van der Waals surface area (Å²) in [6.45, 7) is 4.29. The number of rotatable bonds is 6. The number of nitrogens with zero attached hydrogens (tertiary/aromatic N) is 2. The highest BCUT2D eigenvalue weighted by molar-refractivity contribution is 6.37. The minimum atomic E-state index is -0.211. The molecule has 4 rings (SSSR count). The molecule has 1 aliphatic heterocycles. The third kappa shape index (κ3) is 5.99. The van der Waals surface area contributed by atoms with Crippen LogP contribution in [0.4, 0.5) is 5.69 Å². The van der Waals surface area contributed by atoms with E-state index in [4.69, 9.17) is 23.2 Å². The van der Waals surface area contributed by atoms with Gasteiger partial charge in [-0.3, -0.25) is 9.59 Å². The van der Waals surface area contributed by atoms with Gasteiger partial charge in [-0.15, -0.1) is 0 Å². The topological polar surface area (TPSA) is 40.6 Å². The van der Waals surface area contributed by atoms with Crippen LogP contribution < -0.4 is 4.90 Å². The summed E-state index contributed by atoms with van der Waals surface area (Å²) < 4.78 is 0. The van der Waals surface area contributed by atoms with Gasteiger partial charge in [0.15, 0.2) is 0 Å². The van der Waals surface area contributed by atoms with Crippen LogP contribution in [0.25, 0.3) is 0 Å². The number of hydrogen-bond donors (Lipinski definition) is 0. The van der Waals surface area contributed by atoms with Crippen molar-refractivity contribution in [3.8, 4) is 0 Å². The smallest absolute Gasteiger partial charge is 0.260 e. The fourth-order valence-corrected chi connectivity index (χ4v) is 4.68. The average molecular weight is 495 g/mol. The Balaban J connectivity index is 1.55. The van der Waals surface area contributed by atoms with E-state index in [2.05, 4.69) is 6.92 Å². The van der Waals surface area contributed by atoms with Crippen LogP contribution in [0.3, 0.4) is 0 Å². The second-order valence-electron chi connectivity index (χ2n) is 8.91. The minimum Gasteiger partial charge on any atom is -0.342 e. The molecule has 4 nitrogen and oxygen atoms in total. The third-order valence-corrected chi connectivity index (χ3v) is 6.88. The Hall–Kier alpha value is -2.82. The molecule has 0 saturated carbocycles. The van der Waals surface area contributed by atoms with Crippen molar-refractivity contribution < 1.29 is 9.59 Å². The van der Waals surface area contributed by atoms with Crippen LogP contribution >= 0.6 is 23.2 Å². The lowest BCUT2D eigenvalue weighted by molar-refractivity contribution is -0.131. The summed E-state index contributed by atoms with van der Waals surface area (Å²) in [6, 6.07) is 22.3. The van der Waals surface area contributed by atoms with Crippen molar-refractivity contribution in [2.24, 2.45) is 5.92 Å². The van der Waals surface area contributed by atoms with E-state index >= 15 is 0 Å². The predicted molar refractivity (Wildman–Crippen MR) is 139 cm³/mol. The highest BCUT2D eigenvalue weighted by atomic mass is 35.5. The van der Waals surface area contributed by atoms with Gasteiger partial charge in [-0.1, -0.05) is 72.6 Å². The Kier molecular flexibility index (Phi) is 7.91. The standard InChI is InChI=1S/C28H28Cl2N2O2/c1-20-13-15-31(16-14-20)27(33)17-21-7-10-24(11-8-21)32(19-22-5-3-2-4-6-22)28(34)25-12-9-23(29)18-26(25)30/h2-12,18,20H,13-17,19H2,1H3. The van der Waals surface area contributed by atoms with Crippen LogP contribution in [0, 0.1) is 5.92 Å². The number of carbonyl (C=O) groups is 2. The molecule has 0 radical (unpaired) electrons. The molecule has 0 aromatic heterocycles. The molecule has 3 aromatic rings. The maximum Gasteiger partial charge on any atom is 0.260 e. The van der Waals surface area contributed by atoms with Crippen molar-refractivity contribution in [2.45, 2.75) is 32.7 Å². The van der Waals surface area contributed by atoms with Gasteiger partial charge in [0.05, 0.1) is 23.6 Å². The van der Waals surface area contributed by atoms with Gasteiger partial charge in [0.1, 0.15) is 0 Å². The zero-order valence-corrected chi connectivity index (χ0v) is 20.7. The molecule has 0 bridgehead atoms. The Morgan fingerprint density at radius 1 is 0.912 bits per heavy atom. The van der Waals surface area contributed by atoms with Gasteiger partial charge in [-0.05, 0) is 60.2 Å². The van der Waals surface area contributed by atoms with Gasteiger partial charge < -0.3 is 9.80 Å². The Labute approximate surface area is 211 Å². The summed E-state index contributed by atoms with van der Waals surface area (Å²) >= 11 is 12.4. The molecule has 0 aliphatic carbocycles. The summed E-state index contributed by atoms with van der Waals surface area (Å²) in [7, 11) is 0. The molecule has 176 valence electrons. The molecule has 2 amide bonds. The molecule has 0 unspecified atom stereocenters. The zero-order chi connectivity index (χ0) is 24.1. The molecular formula is C28H28Cl2N2O2. The summed E-state index contributed by atoms with van der Waals surface area (Å²) in [5.41, 5.74) is 3.06. The van der Waals surface area contributed by atoms with Crippen molar-refractivity contribution in [1.82, 2.24) is 4.90 Å². The molecule has 0 atom stereocenters. The van der Waals surface area contributed by atoms with Crippen molar-refractivity contribution in [3.63, 3.8) is 0 Å². The molecule has 3 aromatic carbocycles. The molecule has 0 spiro atoms. The van der Waals surface area contributed by atoms with E-state index in [1.807, 2.05) is 59.5 Å². The lowest BCUT2D eigenvalue weighted by atomic mass is 9.98. The number of likely N-dealkylation sites (tertiary alicyclic amines) is 1. The Bertz CT molecular complexity index is 1140. The number of piperidine rings is 1. The monoisotopic (exact) mass is 494 g/mol. The maximum absolute atomic E-state index is 13.5. The third-order valence-electron chi connectivity index (χ3n) is 6.33. The minimum absolute atomic E-state index is 0.157. The van der Waals surface area contributed by atoms with Crippen LogP contribution in [0.1, 0.15) is 41.3 Å². The lowest BCUT2D eigenvalue weighted by Crippen LogP contribution is -2.38. The Morgan fingerprint density at radius 3 is 2.24 bits per heavy atom. The van der Waals surface area contributed by atoms with Gasteiger partial charge in [-0.25, -0.2) is 0 Å². The van der Waals surface area contributed by atoms with Crippen molar-refractivity contribution in [2.75, 3.05) is 18.0 Å². The van der Waals surface area contributed by atoms with Gasteiger partial charge >= 0.3 is 0 Å². The van der Waals surface area contributed by atoms with E-state index in [0.29, 0.717) is 34.5 Å². The first-order valence-electron chi connectivity index (χ1n) is 11.6. The second kappa shape index (κ2) is 11.1. The molecule has 1 aliphatic rings. The average Bonchev–Trinajstić information content (AvgIpc) is 2.84. The first kappa shape index (κ1) is 24.3. The highest BCUT2D eigenvalue weighted by Gasteiger charge is 2.22. The van der Waals surface area contributed by atoms with E-state index in [0.717, 1.165) is 42.7 Å². The van der Waals surface area contributed by atoms with Crippen molar-refractivity contribution in [1.29, 1.82) is 0 Å². The van der Waals surface area contributed by atoms with Crippen molar-refractivity contribution >= 4 is 40.7 Å². The predicted octanol–water partition coefficient (Wildman–Crippen LogP) is 6.64. The second-order valence-corrected chi connectivity index (χ2v) is 9.75. The first-order valence-corrected chi connectivity index (χ1v) is 12.3. The van der Waals surface area contributed by atoms with Crippen LogP contribution in [0.5, 0.6) is 0 Å². The number of benzene rings is 3. The van der Waals surface area contributed by atoms with Crippen LogP contribution in [0.2, 0.25) is 10.0 Å². The lowest BCUT2D eigenvalue weighted by Gasteiger charge is -2.30. The largest absolute Gasteiger partial charge is 0.342 e. The molecule has 34 heavy (non-hydrogen) atoms. The summed E-state index contributed by atoms with van der Waals surface area (Å²) in [5, 5.41) is 0.793. The van der Waals surface area contributed by atoms with E-state index in [1.54, 1.807) is 23.1 Å². The normalized spacial score (nSPS) is 14.1. The van der Waals surface area contributed by atoms with Gasteiger partial charge in [-0.2, -0.15) is 0 Å². The molecule has 0 N–H and O–H groups in total. The molecular weight excluding hydrogens is 467 g/mol. The van der Waals surface area contributed by atoms with E-state index in [-0.39, 0.29) is 11.8 Å². The van der Waals surface area contributed by atoms with Crippen LogP contribution in [0.15, 0.2) is 72.8 Å². The molecule has 1 heterocycles. The molecule has 1 saturated heterocycles. The quantitative estimate of drug-likeness (QED) is 0.385. The maximum atomic E-state index is 13.5. The summed E-state index contributed by atoms with van der Waals surface area (Å²) in [6.07, 6.45) is 2.49. The molecule has 6 heteroatoms. The van der Waals surface area contributed by atoms with Gasteiger partial charge in [0.25, 0.3) is 5.91 Å². The fourth-order valence-electron chi connectivity index (χ4n) is 4.19. The number of amides is 2. The number of anilines is 1. The van der Waals surface area contributed by atoms with Gasteiger partial charge in [0, 0.05) is 23.8 Å². The number of carbonyl (C=O) groups excluding carboxylic acids is 2. The van der Waals surface area contributed by atoms with Crippen LogP contribution in [-0.4, -0.2) is 29.8 Å². The summed E-state index contributed by atoms with van der Waals surface area (Å²) in [4.78, 5) is 29.9. The van der Waals surface area contributed by atoms with Gasteiger partial charge in [0.2, 0.25) is 5.91 Å². The highest BCUT2D eigenvalue weighted by Crippen LogP contribution is 2.27. The number of hydrogen-bond acceptors (Lipinski definition) is 2. The van der Waals surface area contributed by atoms with Crippen molar-refractivity contribution in [3.05, 3.63) is 99.5 Å². The summed E-state index contributed by atoms with van der Waals surface area (Å²) in [5.74, 6) is 0.632. The zero-order valence-electron chi connectivity index (χ0n) is 19.2. The van der Waals surface area contributed by atoms with E-state index in [9.17, 15) is 9.59 Å². The SMILES string of the molecule is CC1CCN(C(=O)Cc2ccc(N(Cc3ccccc3)C(=O)c3ccc(Cl)cc3Cl)cc2)CC1. The van der Waals surface area contributed by atoms with Crippen LogP contribution in [-0.2, 0) is 17.8 Å².